The van der Waals surface area contributed by atoms with Crippen LogP contribution in [0.2, 0.25) is 0 Å². The SMILES string of the molecule is CC#CCOc1cc(C)ccc1[C@H](C)N. The van der Waals surface area contributed by atoms with Gasteiger partial charge in [0.15, 0.2) is 0 Å². The molecule has 1 rings (SSSR count). The van der Waals surface area contributed by atoms with Crippen molar-refractivity contribution in [3.05, 3.63) is 29.3 Å². The lowest BCUT2D eigenvalue weighted by atomic mass is 10.1. The third-order valence-corrected chi connectivity index (χ3v) is 2.14. The summed E-state index contributed by atoms with van der Waals surface area (Å²) < 4.78 is 5.57. The first-order valence-electron chi connectivity index (χ1n) is 5.03. The molecule has 0 aliphatic rings. The quantitative estimate of drug-likeness (QED) is 0.766. The van der Waals surface area contributed by atoms with E-state index in [9.17, 15) is 0 Å². The molecule has 2 N–H and O–H groups in total. The van der Waals surface area contributed by atoms with Gasteiger partial charge >= 0.3 is 0 Å². The third kappa shape index (κ3) is 3.30. The van der Waals surface area contributed by atoms with Gasteiger partial charge in [0, 0.05) is 11.6 Å². The zero-order valence-electron chi connectivity index (χ0n) is 9.50. The van der Waals surface area contributed by atoms with Crippen LogP contribution in [0.1, 0.15) is 31.0 Å². The van der Waals surface area contributed by atoms with E-state index in [4.69, 9.17) is 10.5 Å². The van der Waals surface area contributed by atoms with Crippen molar-refractivity contribution in [3.8, 4) is 17.6 Å². The summed E-state index contributed by atoms with van der Waals surface area (Å²) in [5.41, 5.74) is 8.04. The zero-order valence-corrected chi connectivity index (χ0v) is 9.50. The molecule has 0 heterocycles. The fourth-order valence-corrected chi connectivity index (χ4v) is 1.33. The highest BCUT2D eigenvalue weighted by Crippen LogP contribution is 2.24. The molecule has 0 saturated carbocycles. The van der Waals surface area contributed by atoms with Crippen LogP contribution in [0, 0.1) is 18.8 Å². The Bertz CT molecular complexity index is 385. The van der Waals surface area contributed by atoms with Gasteiger partial charge in [0.2, 0.25) is 0 Å². The van der Waals surface area contributed by atoms with Gasteiger partial charge in [0.25, 0.3) is 0 Å². The highest BCUT2D eigenvalue weighted by Gasteiger charge is 2.07. The summed E-state index contributed by atoms with van der Waals surface area (Å²) in [5.74, 6) is 6.50. The molecule has 0 saturated heterocycles. The second-order valence-electron chi connectivity index (χ2n) is 3.55. The summed E-state index contributed by atoms with van der Waals surface area (Å²) in [4.78, 5) is 0. The molecule has 0 bridgehead atoms. The number of ether oxygens (including phenoxy) is 1. The Hall–Kier alpha value is -1.46. The maximum Gasteiger partial charge on any atom is 0.149 e. The number of aryl methyl sites for hydroxylation is 1. The van der Waals surface area contributed by atoms with Gasteiger partial charge in [-0.25, -0.2) is 0 Å². The molecule has 80 valence electrons. The number of benzene rings is 1. The van der Waals surface area contributed by atoms with Crippen molar-refractivity contribution in [2.45, 2.75) is 26.8 Å². The third-order valence-electron chi connectivity index (χ3n) is 2.14. The van der Waals surface area contributed by atoms with Gasteiger partial charge in [0.1, 0.15) is 12.4 Å². The smallest absolute Gasteiger partial charge is 0.149 e. The zero-order chi connectivity index (χ0) is 11.3. The molecule has 2 heteroatoms. The van der Waals surface area contributed by atoms with E-state index in [-0.39, 0.29) is 6.04 Å². The minimum absolute atomic E-state index is 0.0183. The maximum atomic E-state index is 5.85. The Morgan fingerprint density at radius 2 is 2.20 bits per heavy atom. The molecular formula is C13H17NO. The minimum Gasteiger partial charge on any atom is -0.481 e. The van der Waals surface area contributed by atoms with E-state index in [1.807, 2.05) is 32.0 Å². The van der Waals surface area contributed by atoms with Crippen LogP contribution in [-0.4, -0.2) is 6.61 Å². The Kier molecular flexibility index (Phi) is 4.20. The van der Waals surface area contributed by atoms with Crippen LogP contribution in [-0.2, 0) is 0 Å². The summed E-state index contributed by atoms with van der Waals surface area (Å²) in [5, 5.41) is 0. The van der Waals surface area contributed by atoms with Crippen molar-refractivity contribution in [1.82, 2.24) is 0 Å². The number of rotatable bonds is 3. The molecular weight excluding hydrogens is 186 g/mol. The van der Waals surface area contributed by atoms with E-state index < -0.39 is 0 Å². The Morgan fingerprint density at radius 1 is 1.47 bits per heavy atom. The second kappa shape index (κ2) is 5.43. The largest absolute Gasteiger partial charge is 0.481 e. The molecule has 0 amide bonds. The molecule has 0 fully saturated rings. The fourth-order valence-electron chi connectivity index (χ4n) is 1.33. The monoisotopic (exact) mass is 203 g/mol. The maximum absolute atomic E-state index is 5.85. The molecule has 1 aromatic carbocycles. The molecule has 0 unspecified atom stereocenters. The topological polar surface area (TPSA) is 35.2 Å². The van der Waals surface area contributed by atoms with Crippen LogP contribution < -0.4 is 10.5 Å². The van der Waals surface area contributed by atoms with Gasteiger partial charge in [-0.3, -0.25) is 0 Å². The summed E-state index contributed by atoms with van der Waals surface area (Å²) >= 11 is 0. The van der Waals surface area contributed by atoms with Gasteiger partial charge < -0.3 is 10.5 Å². The van der Waals surface area contributed by atoms with Crippen molar-refractivity contribution in [3.63, 3.8) is 0 Å². The van der Waals surface area contributed by atoms with Gasteiger partial charge in [-0.2, -0.15) is 0 Å². The Morgan fingerprint density at radius 3 is 2.80 bits per heavy atom. The van der Waals surface area contributed by atoms with Gasteiger partial charge in [-0.05, 0) is 32.4 Å². The van der Waals surface area contributed by atoms with Crippen LogP contribution in [0.5, 0.6) is 5.75 Å². The van der Waals surface area contributed by atoms with Crippen molar-refractivity contribution in [2.75, 3.05) is 6.61 Å². The van der Waals surface area contributed by atoms with Crippen molar-refractivity contribution >= 4 is 0 Å². The van der Waals surface area contributed by atoms with E-state index in [1.54, 1.807) is 6.92 Å². The molecule has 0 aromatic heterocycles. The average Bonchev–Trinajstić information content (AvgIpc) is 2.18. The van der Waals surface area contributed by atoms with Crippen LogP contribution in [0.4, 0.5) is 0 Å². The van der Waals surface area contributed by atoms with E-state index in [2.05, 4.69) is 11.8 Å². The van der Waals surface area contributed by atoms with E-state index in [0.29, 0.717) is 6.61 Å². The Labute approximate surface area is 91.4 Å². The van der Waals surface area contributed by atoms with Crippen molar-refractivity contribution in [1.29, 1.82) is 0 Å². The molecule has 1 aromatic rings. The summed E-state index contributed by atoms with van der Waals surface area (Å²) in [7, 11) is 0. The van der Waals surface area contributed by atoms with Gasteiger partial charge in [0.05, 0.1) is 0 Å². The van der Waals surface area contributed by atoms with E-state index in [0.717, 1.165) is 11.3 Å². The normalized spacial score (nSPS) is 11.5. The molecule has 0 spiro atoms. The molecule has 0 radical (unpaired) electrons. The molecule has 2 nitrogen and oxygen atoms in total. The van der Waals surface area contributed by atoms with E-state index >= 15 is 0 Å². The first kappa shape index (κ1) is 11.6. The summed E-state index contributed by atoms with van der Waals surface area (Å²) in [6, 6.07) is 6.03. The summed E-state index contributed by atoms with van der Waals surface area (Å²) in [6.07, 6.45) is 0. The standard InChI is InChI=1S/C13H17NO/c1-4-5-8-15-13-9-10(2)6-7-12(13)11(3)14/h6-7,9,11H,8,14H2,1-3H3/t11-/m0/s1. The second-order valence-corrected chi connectivity index (χ2v) is 3.55. The first-order valence-corrected chi connectivity index (χ1v) is 5.03. The van der Waals surface area contributed by atoms with E-state index in [1.165, 1.54) is 5.56 Å². The Balaban J connectivity index is 2.90. The lowest BCUT2D eigenvalue weighted by Crippen LogP contribution is -2.08. The van der Waals surface area contributed by atoms with Gasteiger partial charge in [-0.15, -0.1) is 5.92 Å². The predicted octanol–water partition coefficient (Wildman–Crippen LogP) is 2.42. The van der Waals surface area contributed by atoms with Crippen molar-refractivity contribution in [2.24, 2.45) is 5.73 Å². The molecule has 0 aliphatic heterocycles. The summed E-state index contributed by atoms with van der Waals surface area (Å²) in [6.45, 7) is 6.19. The lowest BCUT2D eigenvalue weighted by molar-refractivity contribution is 0.363. The van der Waals surface area contributed by atoms with Crippen molar-refractivity contribution < 1.29 is 4.74 Å². The molecule has 1 atom stereocenters. The number of hydrogen-bond acceptors (Lipinski definition) is 2. The first-order chi connectivity index (χ1) is 7.15. The lowest BCUT2D eigenvalue weighted by Gasteiger charge is -2.13. The van der Waals surface area contributed by atoms with Gasteiger partial charge in [-0.1, -0.05) is 18.1 Å². The highest BCUT2D eigenvalue weighted by molar-refractivity contribution is 5.39. The van der Waals surface area contributed by atoms with Crippen LogP contribution in [0.25, 0.3) is 0 Å². The molecule has 15 heavy (non-hydrogen) atoms. The number of hydrogen-bond donors (Lipinski definition) is 1. The highest BCUT2D eigenvalue weighted by atomic mass is 16.5. The average molecular weight is 203 g/mol. The minimum atomic E-state index is -0.0183. The van der Waals surface area contributed by atoms with Crippen LogP contribution >= 0.6 is 0 Å². The molecule has 0 aliphatic carbocycles. The fraction of sp³-hybridized carbons (Fsp3) is 0.385. The van der Waals surface area contributed by atoms with Crippen LogP contribution in [0.3, 0.4) is 0 Å². The van der Waals surface area contributed by atoms with Crippen LogP contribution in [0.15, 0.2) is 18.2 Å². The number of nitrogens with two attached hydrogens (primary N) is 1. The predicted molar refractivity (Wildman–Crippen MR) is 62.7 cm³/mol.